The number of halogens is 3. The smallest absolute Gasteiger partial charge is 0.339 e. The molecule has 0 bridgehead atoms. The van der Waals surface area contributed by atoms with Crippen LogP contribution in [0.4, 0.5) is 13.2 Å². The molecule has 0 N–H and O–H groups in total. The highest BCUT2D eigenvalue weighted by Crippen LogP contribution is 2.32. The van der Waals surface area contributed by atoms with Crippen molar-refractivity contribution in [2.24, 2.45) is 0 Å². The van der Waals surface area contributed by atoms with Crippen molar-refractivity contribution in [1.29, 1.82) is 0 Å². The number of hydrogen-bond donors (Lipinski definition) is 0. The Labute approximate surface area is 177 Å². The number of hydrogen-bond acceptors (Lipinski definition) is 4. The minimum atomic E-state index is -4.42. The fourth-order valence-corrected chi connectivity index (χ4v) is 3.69. The lowest BCUT2D eigenvalue weighted by atomic mass is 10.0. The Bertz CT molecular complexity index is 1070. The van der Waals surface area contributed by atoms with Crippen molar-refractivity contribution in [1.82, 2.24) is 15.0 Å². The van der Waals surface area contributed by atoms with E-state index in [1.807, 2.05) is 24.3 Å². The van der Waals surface area contributed by atoms with Crippen molar-refractivity contribution in [2.45, 2.75) is 44.8 Å². The Hall–Kier alpha value is -3.16. The van der Waals surface area contributed by atoms with Gasteiger partial charge in [0.15, 0.2) is 0 Å². The van der Waals surface area contributed by atoms with Gasteiger partial charge in [0.1, 0.15) is 0 Å². The van der Waals surface area contributed by atoms with Gasteiger partial charge in [0.2, 0.25) is 17.6 Å². The fourth-order valence-electron chi connectivity index (χ4n) is 3.69. The molecule has 2 heterocycles. The van der Waals surface area contributed by atoms with Crippen molar-refractivity contribution < 1.29 is 22.5 Å². The molecule has 0 radical (unpaired) electrons. The second kappa shape index (κ2) is 8.17. The van der Waals surface area contributed by atoms with Gasteiger partial charge in [-0.3, -0.25) is 4.79 Å². The summed E-state index contributed by atoms with van der Waals surface area (Å²) in [6.07, 6.45) is -4.23. The van der Waals surface area contributed by atoms with E-state index >= 15 is 0 Å². The SMILES string of the molecule is CC(C)c1ccc(-c2noc(C3CC(=O)N(Cc4cccc(C(F)(F)F)c4)C3)n2)cc1. The first-order chi connectivity index (χ1) is 14.7. The van der Waals surface area contributed by atoms with Crippen LogP contribution in [0.25, 0.3) is 11.4 Å². The molecule has 3 aromatic rings. The molecule has 162 valence electrons. The van der Waals surface area contributed by atoms with Gasteiger partial charge in [-0.15, -0.1) is 0 Å². The number of nitrogens with zero attached hydrogens (tertiary/aromatic N) is 3. The van der Waals surface area contributed by atoms with Crippen LogP contribution in [0.3, 0.4) is 0 Å². The topological polar surface area (TPSA) is 59.2 Å². The van der Waals surface area contributed by atoms with Gasteiger partial charge in [0, 0.05) is 25.1 Å². The molecular weight excluding hydrogens is 407 g/mol. The molecule has 31 heavy (non-hydrogen) atoms. The van der Waals surface area contributed by atoms with Crippen molar-refractivity contribution in [3.63, 3.8) is 0 Å². The first kappa shape index (κ1) is 21.1. The third kappa shape index (κ3) is 4.62. The van der Waals surface area contributed by atoms with Crippen LogP contribution in [0.1, 0.15) is 54.7 Å². The van der Waals surface area contributed by atoms with Crippen molar-refractivity contribution in [2.75, 3.05) is 6.54 Å². The molecule has 1 atom stereocenters. The molecular formula is C23H22F3N3O2. The van der Waals surface area contributed by atoms with Crippen molar-refractivity contribution >= 4 is 5.91 Å². The zero-order valence-corrected chi connectivity index (χ0v) is 17.2. The van der Waals surface area contributed by atoms with Crippen LogP contribution < -0.4 is 0 Å². The molecule has 5 nitrogen and oxygen atoms in total. The zero-order valence-electron chi connectivity index (χ0n) is 17.2. The molecule has 1 amide bonds. The van der Waals surface area contributed by atoms with Gasteiger partial charge in [-0.05, 0) is 29.2 Å². The first-order valence-electron chi connectivity index (χ1n) is 10.1. The standard InChI is InChI=1S/C23H22F3N3O2/c1-14(2)16-6-8-17(9-7-16)21-27-22(31-28-21)18-11-20(30)29(13-18)12-15-4-3-5-19(10-15)23(24,25)26/h3-10,14,18H,11-13H2,1-2H3. The van der Waals surface area contributed by atoms with Crippen molar-refractivity contribution in [3.05, 3.63) is 71.1 Å². The summed E-state index contributed by atoms with van der Waals surface area (Å²) in [5, 5.41) is 4.04. The number of aromatic nitrogens is 2. The second-order valence-corrected chi connectivity index (χ2v) is 8.11. The predicted octanol–water partition coefficient (Wildman–Crippen LogP) is 5.39. The maximum Gasteiger partial charge on any atom is 0.416 e. The number of likely N-dealkylation sites (tertiary alicyclic amines) is 1. The van der Waals surface area contributed by atoms with E-state index in [-0.39, 0.29) is 24.8 Å². The summed E-state index contributed by atoms with van der Waals surface area (Å²) in [6.45, 7) is 4.66. The van der Waals surface area contributed by atoms with E-state index in [1.54, 1.807) is 6.07 Å². The predicted molar refractivity (Wildman–Crippen MR) is 108 cm³/mol. The van der Waals surface area contributed by atoms with Crippen LogP contribution in [0.15, 0.2) is 53.1 Å². The summed E-state index contributed by atoms with van der Waals surface area (Å²) in [6, 6.07) is 12.9. The van der Waals surface area contributed by atoms with Crippen LogP contribution >= 0.6 is 0 Å². The Morgan fingerprint density at radius 2 is 1.90 bits per heavy atom. The molecule has 4 rings (SSSR count). The average molecular weight is 429 g/mol. The van der Waals surface area contributed by atoms with Crippen LogP contribution in [0.2, 0.25) is 0 Å². The highest BCUT2D eigenvalue weighted by Gasteiger charge is 2.35. The fraction of sp³-hybridized carbons (Fsp3) is 0.348. The Morgan fingerprint density at radius 1 is 1.16 bits per heavy atom. The normalized spacial score (nSPS) is 17.0. The molecule has 8 heteroatoms. The number of amides is 1. The number of carbonyl (C=O) groups is 1. The van der Waals surface area contributed by atoms with Crippen LogP contribution in [0.5, 0.6) is 0 Å². The molecule has 1 aliphatic rings. The van der Waals surface area contributed by atoms with E-state index in [0.717, 1.165) is 17.7 Å². The molecule has 1 aliphatic heterocycles. The van der Waals surface area contributed by atoms with Gasteiger partial charge in [-0.25, -0.2) is 0 Å². The maximum atomic E-state index is 12.9. The van der Waals surface area contributed by atoms with Gasteiger partial charge in [-0.2, -0.15) is 18.2 Å². The largest absolute Gasteiger partial charge is 0.416 e. The quantitative estimate of drug-likeness (QED) is 0.545. The van der Waals surface area contributed by atoms with E-state index in [9.17, 15) is 18.0 Å². The summed E-state index contributed by atoms with van der Waals surface area (Å²) in [5.41, 5.74) is 1.74. The lowest BCUT2D eigenvalue weighted by Crippen LogP contribution is -2.24. The molecule has 0 aliphatic carbocycles. The third-order valence-corrected chi connectivity index (χ3v) is 5.47. The number of carbonyl (C=O) groups excluding carboxylic acids is 1. The van der Waals surface area contributed by atoms with Gasteiger partial charge in [-0.1, -0.05) is 55.4 Å². The highest BCUT2D eigenvalue weighted by atomic mass is 19.4. The number of rotatable bonds is 5. The molecule has 1 fully saturated rings. The summed E-state index contributed by atoms with van der Waals surface area (Å²) < 4.78 is 44.2. The number of benzene rings is 2. The minimum Gasteiger partial charge on any atom is -0.339 e. The summed E-state index contributed by atoms with van der Waals surface area (Å²) in [7, 11) is 0. The van der Waals surface area contributed by atoms with Crippen LogP contribution in [-0.4, -0.2) is 27.5 Å². The molecule has 1 saturated heterocycles. The number of alkyl halides is 3. The summed E-state index contributed by atoms with van der Waals surface area (Å²) in [4.78, 5) is 18.4. The minimum absolute atomic E-state index is 0.108. The second-order valence-electron chi connectivity index (χ2n) is 8.11. The van der Waals surface area contributed by atoms with E-state index in [4.69, 9.17) is 4.52 Å². The highest BCUT2D eigenvalue weighted by molar-refractivity contribution is 5.79. The van der Waals surface area contributed by atoms with Crippen LogP contribution in [0, 0.1) is 0 Å². The van der Waals surface area contributed by atoms with E-state index < -0.39 is 11.7 Å². The molecule has 2 aromatic carbocycles. The van der Waals surface area contributed by atoms with E-state index in [1.165, 1.54) is 16.5 Å². The zero-order chi connectivity index (χ0) is 22.2. The van der Waals surface area contributed by atoms with E-state index in [0.29, 0.717) is 29.7 Å². The first-order valence-corrected chi connectivity index (χ1v) is 10.1. The monoisotopic (exact) mass is 429 g/mol. The lowest BCUT2D eigenvalue weighted by Gasteiger charge is -2.17. The Balaban J connectivity index is 1.45. The Morgan fingerprint density at radius 3 is 2.58 bits per heavy atom. The van der Waals surface area contributed by atoms with Gasteiger partial charge in [0.25, 0.3) is 0 Å². The third-order valence-electron chi connectivity index (χ3n) is 5.47. The van der Waals surface area contributed by atoms with Gasteiger partial charge >= 0.3 is 6.18 Å². The average Bonchev–Trinajstić information content (AvgIpc) is 3.35. The van der Waals surface area contributed by atoms with E-state index in [2.05, 4.69) is 24.0 Å². The molecule has 1 aromatic heterocycles. The summed E-state index contributed by atoms with van der Waals surface area (Å²) in [5.74, 6) is 0.803. The molecule has 1 unspecified atom stereocenters. The maximum absolute atomic E-state index is 12.9. The summed E-state index contributed by atoms with van der Waals surface area (Å²) >= 11 is 0. The van der Waals surface area contributed by atoms with Gasteiger partial charge < -0.3 is 9.42 Å². The Kier molecular flexibility index (Phi) is 5.56. The lowest BCUT2D eigenvalue weighted by molar-refractivity contribution is -0.137. The van der Waals surface area contributed by atoms with Crippen molar-refractivity contribution in [3.8, 4) is 11.4 Å². The molecule has 0 spiro atoms. The van der Waals surface area contributed by atoms with Crippen LogP contribution in [-0.2, 0) is 17.5 Å². The van der Waals surface area contributed by atoms with Gasteiger partial charge in [0.05, 0.1) is 11.5 Å². The molecule has 0 saturated carbocycles.